The smallest absolute Gasteiger partial charge is 0.277 e. The lowest BCUT2D eigenvalue weighted by molar-refractivity contribution is -0.123. The van der Waals surface area contributed by atoms with Gasteiger partial charge in [-0.1, -0.05) is 30.3 Å². The third kappa shape index (κ3) is 7.79. The summed E-state index contributed by atoms with van der Waals surface area (Å²) >= 11 is 3.89. The van der Waals surface area contributed by atoms with Crippen molar-refractivity contribution in [2.24, 2.45) is 5.10 Å². The zero-order valence-corrected chi connectivity index (χ0v) is 22.7. The summed E-state index contributed by atoms with van der Waals surface area (Å²) in [7, 11) is 1.55. The highest BCUT2D eigenvalue weighted by Crippen LogP contribution is 2.45. The summed E-state index contributed by atoms with van der Waals surface area (Å²) in [5.74, 6) is 3.40. The number of carbonyl (C=O) groups excluding carboxylic acids is 1. The number of rotatable bonds is 12. The molecule has 0 aliphatic carbocycles. The quantitative estimate of drug-likeness (QED) is 0.165. The summed E-state index contributed by atoms with van der Waals surface area (Å²) < 4.78 is 30.8. The van der Waals surface area contributed by atoms with Gasteiger partial charge in [-0.05, 0) is 59.5 Å². The number of hydrogen-bond acceptors (Lipinski definition) is 7. The minimum absolute atomic E-state index is 0.148. The molecular weight excluding hydrogens is 523 g/mol. The molecule has 0 atom stereocenters. The Balaban J connectivity index is 1.33. The fourth-order valence-corrected chi connectivity index (χ4v) is 6.61. The molecule has 1 fully saturated rings. The molecule has 1 amide bonds. The van der Waals surface area contributed by atoms with E-state index in [9.17, 15) is 9.18 Å². The van der Waals surface area contributed by atoms with Gasteiger partial charge in [0, 0.05) is 17.1 Å². The number of thioether (sulfide) groups is 2. The second kappa shape index (κ2) is 13.9. The van der Waals surface area contributed by atoms with Gasteiger partial charge >= 0.3 is 0 Å². The van der Waals surface area contributed by atoms with Gasteiger partial charge in [0.2, 0.25) is 0 Å². The normalized spacial score (nSPS) is 13.4. The number of benzene rings is 3. The summed E-state index contributed by atoms with van der Waals surface area (Å²) in [6.07, 6.45) is 3.83. The van der Waals surface area contributed by atoms with Crippen molar-refractivity contribution in [3.05, 3.63) is 101 Å². The van der Waals surface area contributed by atoms with E-state index in [1.165, 1.54) is 35.4 Å². The average Bonchev–Trinajstić information content (AvgIpc) is 3.48. The van der Waals surface area contributed by atoms with E-state index in [1.54, 1.807) is 31.4 Å². The van der Waals surface area contributed by atoms with E-state index in [-0.39, 0.29) is 24.9 Å². The van der Waals surface area contributed by atoms with Crippen molar-refractivity contribution in [2.45, 2.75) is 17.6 Å². The van der Waals surface area contributed by atoms with Crippen LogP contribution in [-0.4, -0.2) is 37.3 Å². The first kappa shape index (κ1) is 27.6. The molecular formula is C29H29FN2O4S2. The first-order valence-corrected chi connectivity index (χ1v) is 14.1. The molecule has 0 bridgehead atoms. The highest BCUT2D eigenvalue weighted by molar-refractivity contribution is 8.19. The lowest BCUT2D eigenvalue weighted by Gasteiger charge is -2.16. The van der Waals surface area contributed by atoms with Crippen molar-refractivity contribution in [3.8, 4) is 17.2 Å². The number of halogens is 1. The maximum Gasteiger partial charge on any atom is 0.277 e. The van der Waals surface area contributed by atoms with Crippen LogP contribution in [0.1, 0.15) is 26.8 Å². The highest BCUT2D eigenvalue weighted by Gasteiger charge is 2.18. The van der Waals surface area contributed by atoms with Gasteiger partial charge in [-0.2, -0.15) is 5.10 Å². The monoisotopic (exact) mass is 552 g/mol. The van der Waals surface area contributed by atoms with Gasteiger partial charge in [-0.15, -0.1) is 30.1 Å². The number of nitrogens with one attached hydrogen (secondary N) is 1. The second-order valence-electron chi connectivity index (χ2n) is 8.34. The standard InChI is InChI=1S/C29H29FN2O4S2/c1-3-4-23-15-21(16-26(34-2)28(23)36-18-20-5-9-24(30)10-6-20)17-31-32-27(33)19-35-25-11-7-22(8-12-25)29-37-13-14-38-29/h3,5-12,15-17,29H,1,4,13-14,18-19H2,2H3,(H,32,33)/b31-17-. The van der Waals surface area contributed by atoms with E-state index in [2.05, 4.69) is 17.1 Å². The summed E-state index contributed by atoms with van der Waals surface area (Å²) in [4.78, 5) is 12.2. The maximum absolute atomic E-state index is 13.2. The zero-order chi connectivity index (χ0) is 26.7. The minimum Gasteiger partial charge on any atom is -0.493 e. The van der Waals surface area contributed by atoms with Gasteiger partial charge in [-0.25, -0.2) is 9.82 Å². The molecule has 0 radical (unpaired) electrons. The van der Waals surface area contributed by atoms with Crippen LogP contribution in [0.5, 0.6) is 17.2 Å². The molecule has 1 N–H and O–H groups in total. The number of allylic oxidation sites excluding steroid dienone is 1. The van der Waals surface area contributed by atoms with E-state index in [0.29, 0.717) is 33.8 Å². The van der Waals surface area contributed by atoms with Crippen molar-refractivity contribution in [3.63, 3.8) is 0 Å². The Kier molecular flexibility index (Phi) is 10.1. The summed E-state index contributed by atoms with van der Waals surface area (Å²) in [5.41, 5.74) is 6.14. The Labute approximate surface area is 230 Å². The second-order valence-corrected chi connectivity index (χ2v) is 11.1. The fraction of sp³-hybridized carbons (Fsp3) is 0.241. The molecule has 1 saturated heterocycles. The molecule has 9 heteroatoms. The predicted molar refractivity (Wildman–Crippen MR) is 153 cm³/mol. The number of methoxy groups -OCH3 is 1. The van der Waals surface area contributed by atoms with Gasteiger partial charge in [0.25, 0.3) is 5.91 Å². The predicted octanol–water partition coefficient (Wildman–Crippen LogP) is 6.15. The molecule has 4 rings (SSSR count). The van der Waals surface area contributed by atoms with Gasteiger partial charge in [-0.3, -0.25) is 4.79 Å². The molecule has 0 unspecified atom stereocenters. The summed E-state index contributed by atoms with van der Waals surface area (Å²) in [6.45, 7) is 3.93. The topological polar surface area (TPSA) is 69.2 Å². The zero-order valence-electron chi connectivity index (χ0n) is 21.0. The van der Waals surface area contributed by atoms with E-state index < -0.39 is 0 Å². The molecule has 198 valence electrons. The molecule has 1 aliphatic rings. The van der Waals surface area contributed by atoms with Gasteiger partial charge in [0.05, 0.1) is 17.9 Å². The first-order valence-electron chi connectivity index (χ1n) is 12.0. The molecule has 1 aliphatic heterocycles. The molecule has 38 heavy (non-hydrogen) atoms. The minimum atomic E-state index is -0.371. The number of ether oxygens (including phenoxy) is 3. The van der Waals surface area contributed by atoms with Crippen molar-refractivity contribution in [2.75, 3.05) is 25.2 Å². The number of carbonyl (C=O) groups is 1. The molecule has 0 saturated carbocycles. The van der Waals surface area contributed by atoms with Gasteiger partial charge < -0.3 is 14.2 Å². The van der Waals surface area contributed by atoms with Crippen LogP contribution in [0.4, 0.5) is 4.39 Å². The Bertz CT molecular complexity index is 1260. The number of nitrogens with zero attached hydrogens (tertiary/aromatic N) is 1. The van der Waals surface area contributed by atoms with Gasteiger partial charge in [0.15, 0.2) is 18.1 Å². The third-order valence-electron chi connectivity index (χ3n) is 5.58. The molecule has 3 aromatic carbocycles. The van der Waals surface area contributed by atoms with Crippen molar-refractivity contribution in [1.82, 2.24) is 5.43 Å². The Morgan fingerprint density at radius 2 is 1.84 bits per heavy atom. The SMILES string of the molecule is C=CCc1cc(/C=N\NC(=O)COc2ccc(C3SCCS3)cc2)cc(OC)c1OCc1ccc(F)cc1. The summed E-state index contributed by atoms with van der Waals surface area (Å²) in [5, 5.41) is 4.06. The third-order valence-corrected chi connectivity index (χ3v) is 8.69. The molecule has 3 aromatic rings. The van der Waals surface area contributed by atoms with Crippen LogP contribution >= 0.6 is 23.5 Å². The van der Waals surface area contributed by atoms with Crippen molar-refractivity contribution >= 4 is 35.6 Å². The van der Waals surface area contributed by atoms with E-state index >= 15 is 0 Å². The van der Waals surface area contributed by atoms with Gasteiger partial charge in [0.1, 0.15) is 18.2 Å². The van der Waals surface area contributed by atoms with Crippen LogP contribution in [0.3, 0.4) is 0 Å². The molecule has 1 heterocycles. The van der Waals surface area contributed by atoms with Crippen LogP contribution in [0.15, 0.2) is 78.4 Å². The summed E-state index contributed by atoms with van der Waals surface area (Å²) in [6, 6.07) is 17.6. The molecule has 6 nitrogen and oxygen atoms in total. The largest absolute Gasteiger partial charge is 0.493 e. The first-order chi connectivity index (χ1) is 18.6. The van der Waals surface area contributed by atoms with Crippen LogP contribution in [-0.2, 0) is 17.8 Å². The van der Waals surface area contributed by atoms with Crippen LogP contribution in [0, 0.1) is 5.82 Å². The molecule has 0 spiro atoms. The lowest BCUT2D eigenvalue weighted by atomic mass is 10.1. The van der Waals surface area contributed by atoms with E-state index in [1.807, 2.05) is 53.9 Å². The number of amides is 1. The number of hydrazone groups is 1. The van der Waals surface area contributed by atoms with Crippen LogP contribution in [0.2, 0.25) is 0 Å². The van der Waals surface area contributed by atoms with E-state index in [4.69, 9.17) is 14.2 Å². The lowest BCUT2D eigenvalue weighted by Crippen LogP contribution is -2.24. The van der Waals surface area contributed by atoms with Crippen LogP contribution in [0.25, 0.3) is 0 Å². The molecule has 0 aromatic heterocycles. The van der Waals surface area contributed by atoms with Crippen molar-refractivity contribution < 1.29 is 23.4 Å². The average molecular weight is 553 g/mol. The maximum atomic E-state index is 13.2. The van der Waals surface area contributed by atoms with E-state index in [0.717, 1.165) is 11.1 Å². The highest BCUT2D eigenvalue weighted by atomic mass is 32.2. The van der Waals surface area contributed by atoms with Crippen LogP contribution < -0.4 is 19.6 Å². The Morgan fingerprint density at radius 3 is 2.53 bits per heavy atom. The Hall–Kier alpha value is -3.43. The Morgan fingerprint density at radius 1 is 1.11 bits per heavy atom. The fourth-order valence-electron chi connectivity index (χ4n) is 3.75. The number of hydrogen-bond donors (Lipinski definition) is 1. The van der Waals surface area contributed by atoms with Crippen molar-refractivity contribution in [1.29, 1.82) is 0 Å².